The minimum atomic E-state index is -0.761. The predicted octanol–water partition coefficient (Wildman–Crippen LogP) is 7.31. The normalized spacial score (nSPS) is 21.6. The second-order valence-electron chi connectivity index (χ2n) is 9.27. The average molecular weight is 518 g/mol. The smallest absolute Gasteiger partial charge is 0.315 e. The van der Waals surface area contributed by atoms with E-state index >= 15 is 0 Å². The number of hydrogen-bond acceptors (Lipinski definition) is 4. The van der Waals surface area contributed by atoms with Crippen LogP contribution in [0.25, 0.3) is 0 Å². The molecule has 1 unspecified atom stereocenters. The number of hydrogen-bond donors (Lipinski definition) is 0. The molecule has 0 aromatic heterocycles. The molecule has 0 bridgehead atoms. The van der Waals surface area contributed by atoms with Gasteiger partial charge in [-0.3, -0.25) is 14.6 Å². The monoisotopic (exact) mass is 517 g/mol. The third-order valence-corrected chi connectivity index (χ3v) is 7.50. The Bertz CT molecular complexity index is 1370. The Balaban J connectivity index is 1.54. The van der Waals surface area contributed by atoms with Crippen molar-refractivity contribution in [3.05, 3.63) is 117 Å². The van der Waals surface area contributed by atoms with Gasteiger partial charge in [-0.1, -0.05) is 89.9 Å². The van der Waals surface area contributed by atoms with Crippen molar-refractivity contribution in [2.24, 2.45) is 10.9 Å². The first-order valence-electron chi connectivity index (χ1n) is 11.9. The molecule has 0 saturated heterocycles. The van der Waals surface area contributed by atoms with Crippen LogP contribution in [0.1, 0.15) is 48.3 Å². The molecule has 0 saturated carbocycles. The van der Waals surface area contributed by atoms with E-state index in [1.54, 1.807) is 18.2 Å². The van der Waals surface area contributed by atoms with Crippen LogP contribution < -0.4 is 0 Å². The lowest BCUT2D eigenvalue weighted by molar-refractivity contribution is -0.148. The zero-order valence-corrected chi connectivity index (χ0v) is 21.3. The third kappa shape index (κ3) is 4.88. The third-order valence-electron chi connectivity index (χ3n) is 6.93. The molecule has 0 radical (unpaired) electrons. The molecule has 0 amide bonds. The molecule has 1 aliphatic heterocycles. The van der Waals surface area contributed by atoms with Gasteiger partial charge in [0.15, 0.2) is 5.78 Å². The van der Waals surface area contributed by atoms with Crippen LogP contribution >= 0.6 is 23.2 Å². The lowest BCUT2D eigenvalue weighted by atomic mass is 9.69. The number of benzene rings is 3. The number of halogens is 2. The molecular formula is C30H25Cl2NO3. The van der Waals surface area contributed by atoms with Crippen molar-refractivity contribution in [3.63, 3.8) is 0 Å². The number of aliphatic imine (C=N–C) groups is 1. The largest absolute Gasteiger partial charge is 0.460 e. The average Bonchev–Trinajstić information content (AvgIpc) is 2.87. The summed E-state index contributed by atoms with van der Waals surface area (Å²) in [6.45, 7) is 1.96. The topological polar surface area (TPSA) is 55.7 Å². The minimum absolute atomic E-state index is 0.0155. The van der Waals surface area contributed by atoms with E-state index < -0.39 is 17.8 Å². The number of Topliss-reactive ketones (excluding diaryl/α,β-unsaturated/α-hetero) is 1. The summed E-state index contributed by atoms with van der Waals surface area (Å²) in [6.07, 6.45) is 0.973. The maximum Gasteiger partial charge on any atom is 0.315 e. The summed E-state index contributed by atoms with van der Waals surface area (Å²) in [5, 5.41) is 0.898. The van der Waals surface area contributed by atoms with Crippen molar-refractivity contribution in [1.29, 1.82) is 0 Å². The Morgan fingerprint density at radius 2 is 1.67 bits per heavy atom. The van der Waals surface area contributed by atoms with Gasteiger partial charge in [-0.25, -0.2) is 0 Å². The second kappa shape index (κ2) is 10.4. The zero-order chi connectivity index (χ0) is 25.2. The van der Waals surface area contributed by atoms with Crippen LogP contribution in [0, 0.1) is 5.92 Å². The highest BCUT2D eigenvalue weighted by atomic mass is 35.5. The van der Waals surface area contributed by atoms with Gasteiger partial charge in [0.2, 0.25) is 0 Å². The van der Waals surface area contributed by atoms with E-state index in [-0.39, 0.29) is 18.3 Å². The maximum absolute atomic E-state index is 13.7. The van der Waals surface area contributed by atoms with E-state index in [1.807, 2.05) is 67.6 Å². The second-order valence-corrected chi connectivity index (χ2v) is 10.1. The number of allylic oxidation sites excluding steroid dienone is 2. The van der Waals surface area contributed by atoms with Gasteiger partial charge in [-0.15, -0.1) is 0 Å². The van der Waals surface area contributed by atoms with Crippen molar-refractivity contribution in [2.45, 2.75) is 38.2 Å². The van der Waals surface area contributed by atoms with Crippen molar-refractivity contribution in [3.8, 4) is 0 Å². The molecule has 36 heavy (non-hydrogen) atoms. The number of rotatable bonds is 5. The molecule has 5 rings (SSSR count). The Morgan fingerprint density at radius 1 is 0.972 bits per heavy atom. The Labute approximate surface area is 220 Å². The molecule has 2 aliphatic rings. The van der Waals surface area contributed by atoms with Crippen molar-refractivity contribution in [2.75, 3.05) is 0 Å². The fraction of sp³-hybridized carbons (Fsp3) is 0.233. The summed E-state index contributed by atoms with van der Waals surface area (Å²) in [5.74, 6) is -1.76. The van der Waals surface area contributed by atoms with Crippen LogP contribution in [0.15, 0.2) is 95.1 Å². The van der Waals surface area contributed by atoms with Crippen LogP contribution in [-0.4, -0.2) is 17.5 Å². The molecule has 182 valence electrons. The summed E-state index contributed by atoms with van der Waals surface area (Å²) >= 11 is 12.8. The molecule has 4 nitrogen and oxygen atoms in total. The van der Waals surface area contributed by atoms with Crippen LogP contribution in [0.5, 0.6) is 0 Å². The SMILES string of the molecule is CC1=NC2=C(C(=O)C[C@H](c3ccccc3)C2)[C@@H](c2ccc(Cl)cc2Cl)C1C(=O)OCc1ccccc1. The zero-order valence-electron chi connectivity index (χ0n) is 19.8. The van der Waals surface area contributed by atoms with Crippen LogP contribution in [0.2, 0.25) is 10.0 Å². The Kier molecular flexibility index (Phi) is 7.08. The lowest BCUT2D eigenvalue weighted by Crippen LogP contribution is -2.38. The minimum Gasteiger partial charge on any atom is -0.460 e. The fourth-order valence-corrected chi connectivity index (χ4v) is 5.76. The number of carbonyl (C=O) groups is 2. The summed E-state index contributed by atoms with van der Waals surface area (Å²) < 4.78 is 5.74. The van der Waals surface area contributed by atoms with Gasteiger partial charge in [-0.05, 0) is 48.1 Å². The van der Waals surface area contributed by atoms with Gasteiger partial charge in [0.25, 0.3) is 0 Å². The van der Waals surface area contributed by atoms with Gasteiger partial charge in [0.05, 0.1) is 0 Å². The molecule has 0 spiro atoms. The highest BCUT2D eigenvalue weighted by Gasteiger charge is 2.45. The summed E-state index contributed by atoms with van der Waals surface area (Å²) in [5.41, 5.74) is 4.56. The number of ether oxygens (including phenoxy) is 1. The predicted molar refractivity (Wildman–Crippen MR) is 142 cm³/mol. The summed E-state index contributed by atoms with van der Waals surface area (Å²) in [4.78, 5) is 32.0. The standard InChI is InChI=1S/C30H25Cl2NO3/c1-18-27(30(35)36-17-19-8-4-2-5-9-19)28(23-13-12-22(31)16-24(23)32)29-25(33-18)14-21(15-26(29)34)20-10-6-3-7-11-20/h2-13,16,21,27-28H,14-15,17H2,1H3/t21-,27?,28+/m1/s1. The fourth-order valence-electron chi connectivity index (χ4n) is 5.23. The summed E-state index contributed by atoms with van der Waals surface area (Å²) in [7, 11) is 0. The van der Waals surface area contributed by atoms with E-state index in [4.69, 9.17) is 32.9 Å². The molecule has 6 heteroatoms. The van der Waals surface area contributed by atoms with Gasteiger partial charge >= 0.3 is 5.97 Å². The van der Waals surface area contributed by atoms with Crippen LogP contribution in [0.4, 0.5) is 0 Å². The molecule has 1 heterocycles. The van der Waals surface area contributed by atoms with E-state index in [2.05, 4.69) is 0 Å². The highest BCUT2D eigenvalue weighted by molar-refractivity contribution is 6.35. The van der Waals surface area contributed by atoms with E-state index in [0.29, 0.717) is 39.7 Å². The van der Waals surface area contributed by atoms with Crippen molar-refractivity contribution in [1.82, 2.24) is 0 Å². The number of ketones is 1. The van der Waals surface area contributed by atoms with E-state index in [1.165, 1.54) is 0 Å². The summed E-state index contributed by atoms with van der Waals surface area (Å²) in [6, 6.07) is 24.7. The lowest BCUT2D eigenvalue weighted by Gasteiger charge is -2.36. The van der Waals surface area contributed by atoms with E-state index in [0.717, 1.165) is 16.8 Å². The molecule has 0 N–H and O–H groups in total. The number of carbonyl (C=O) groups excluding carboxylic acids is 2. The molecule has 3 aromatic rings. The quantitative estimate of drug-likeness (QED) is 0.333. The van der Waals surface area contributed by atoms with Gasteiger partial charge < -0.3 is 4.74 Å². The Hall–Kier alpha value is -3.21. The highest BCUT2D eigenvalue weighted by Crippen LogP contribution is 2.48. The maximum atomic E-state index is 13.7. The molecule has 3 aromatic carbocycles. The molecule has 0 fully saturated rings. The first-order chi connectivity index (χ1) is 17.4. The van der Waals surface area contributed by atoms with Gasteiger partial charge in [0.1, 0.15) is 12.5 Å². The number of nitrogens with zero attached hydrogens (tertiary/aromatic N) is 1. The Morgan fingerprint density at radius 3 is 2.36 bits per heavy atom. The first-order valence-corrected chi connectivity index (χ1v) is 12.7. The van der Waals surface area contributed by atoms with Gasteiger partial charge in [-0.2, -0.15) is 0 Å². The molecule has 1 aliphatic carbocycles. The van der Waals surface area contributed by atoms with Gasteiger partial charge in [0, 0.05) is 39.4 Å². The van der Waals surface area contributed by atoms with Crippen LogP contribution in [-0.2, 0) is 20.9 Å². The molecular weight excluding hydrogens is 493 g/mol. The number of esters is 1. The van der Waals surface area contributed by atoms with Crippen molar-refractivity contribution >= 4 is 40.7 Å². The van der Waals surface area contributed by atoms with E-state index in [9.17, 15) is 9.59 Å². The van der Waals surface area contributed by atoms with Crippen LogP contribution in [0.3, 0.4) is 0 Å². The van der Waals surface area contributed by atoms with Crippen molar-refractivity contribution < 1.29 is 14.3 Å². The first kappa shape index (κ1) is 24.5. The molecule has 3 atom stereocenters.